The summed E-state index contributed by atoms with van der Waals surface area (Å²) in [5, 5.41) is 6.42. The van der Waals surface area contributed by atoms with Gasteiger partial charge in [0.05, 0.1) is 6.54 Å². The number of aromatic nitrogens is 1. The monoisotopic (exact) mass is 271 g/mol. The van der Waals surface area contributed by atoms with Gasteiger partial charge in [0.1, 0.15) is 5.76 Å². The number of anilines is 1. The van der Waals surface area contributed by atoms with Crippen LogP contribution in [0.1, 0.15) is 25.5 Å². The highest BCUT2D eigenvalue weighted by Gasteiger charge is 2.16. The molecule has 1 heterocycles. The summed E-state index contributed by atoms with van der Waals surface area (Å²) in [5.41, 5.74) is 0. The zero-order chi connectivity index (χ0) is 14.4. The Morgan fingerprint density at radius 1 is 1.47 bits per heavy atom. The third kappa shape index (κ3) is 4.53. The Kier molecular flexibility index (Phi) is 5.78. The van der Waals surface area contributed by atoms with Gasteiger partial charge in [-0.3, -0.25) is 5.32 Å². The van der Waals surface area contributed by atoms with Crippen molar-refractivity contribution in [1.29, 1.82) is 0 Å². The van der Waals surface area contributed by atoms with Gasteiger partial charge in [0.2, 0.25) is 0 Å². The number of methoxy groups -OCH3 is 2. The molecule has 1 aromatic heterocycles. The van der Waals surface area contributed by atoms with E-state index in [0.29, 0.717) is 12.4 Å². The smallest absolute Gasteiger partial charge is 0.323 e. The van der Waals surface area contributed by atoms with Crippen molar-refractivity contribution in [3.05, 3.63) is 11.8 Å². The number of rotatable bonds is 6. The number of urea groups is 1. The third-order valence-electron chi connectivity index (χ3n) is 2.63. The fourth-order valence-electron chi connectivity index (χ4n) is 1.38. The maximum absolute atomic E-state index is 11.9. The van der Waals surface area contributed by atoms with Crippen molar-refractivity contribution in [2.45, 2.75) is 26.1 Å². The molecule has 0 saturated heterocycles. The molecular formula is C12H21N3O4. The van der Waals surface area contributed by atoms with Gasteiger partial charge < -0.3 is 18.9 Å². The number of hydrogen-bond donors (Lipinski definition) is 1. The van der Waals surface area contributed by atoms with E-state index < -0.39 is 6.29 Å². The second kappa shape index (κ2) is 7.10. The van der Waals surface area contributed by atoms with Gasteiger partial charge in [0.25, 0.3) is 0 Å². The molecule has 0 aliphatic heterocycles. The molecule has 7 heteroatoms. The molecule has 0 saturated carbocycles. The highest BCUT2D eigenvalue weighted by molar-refractivity contribution is 5.88. The molecule has 0 radical (unpaired) electrons. The van der Waals surface area contributed by atoms with Crippen molar-refractivity contribution in [3.63, 3.8) is 0 Å². The summed E-state index contributed by atoms with van der Waals surface area (Å²) in [4.78, 5) is 13.3. The van der Waals surface area contributed by atoms with Crippen LogP contribution < -0.4 is 5.32 Å². The second-order valence-corrected chi connectivity index (χ2v) is 4.48. The Morgan fingerprint density at radius 2 is 2.11 bits per heavy atom. The Hall–Kier alpha value is -1.60. The maximum Gasteiger partial charge on any atom is 0.323 e. The van der Waals surface area contributed by atoms with Gasteiger partial charge in [-0.25, -0.2) is 4.79 Å². The SMILES string of the molecule is COC(CN(C)C(=O)Nc1cc(C(C)C)on1)OC. The van der Waals surface area contributed by atoms with Gasteiger partial charge >= 0.3 is 6.03 Å². The van der Waals surface area contributed by atoms with Crippen molar-refractivity contribution in [3.8, 4) is 0 Å². The summed E-state index contributed by atoms with van der Waals surface area (Å²) in [6, 6.07) is 1.41. The summed E-state index contributed by atoms with van der Waals surface area (Å²) in [6.45, 7) is 4.29. The Labute approximate surface area is 112 Å². The molecule has 108 valence electrons. The van der Waals surface area contributed by atoms with Gasteiger partial charge in [-0.2, -0.15) is 0 Å². The van der Waals surface area contributed by atoms with Crippen LogP contribution in [-0.4, -0.2) is 50.2 Å². The second-order valence-electron chi connectivity index (χ2n) is 4.48. The number of nitrogens with zero attached hydrogens (tertiary/aromatic N) is 2. The standard InChI is InChI=1S/C12H21N3O4/c1-8(2)9-6-10(14-19-9)13-12(16)15(3)7-11(17-4)18-5/h6,8,11H,7H2,1-5H3,(H,13,14,16). The molecule has 0 fully saturated rings. The van der Waals surface area contributed by atoms with Gasteiger partial charge in [-0.05, 0) is 0 Å². The van der Waals surface area contributed by atoms with Crippen LogP contribution in [0.25, 0.3) is 0 Å². The first-order valence-corrected chi connectivity index (χ1v) is 6.02. The van der Waals surface area contributed by atoms with Gasteiger partial charge in [0, 0.05) is 33.3 Å². The van der Waals surface area contributed by atoms with E-state index in [9.17, 15) is 4.79 Å². The maximum atomic E-state index is 11.9. The lowest BCUT2D eigenvalue weighted by atomic mass is 10.2. The van der Waals surface area contributed by atoms with Crippen molar-refractivity contribution in [1.82, 2.24) is 10.1 Å². The first-order chi connectivity index (χ1) is 8.97. The highest BCUT2D eigenvalue weighted by Crippen LogP contribution is 2.17. The molecule has 19 heavy (non-hydrogen) atoms. The lowest BCUT2D eigenvalue weighted by Gasteiger charge is -2.21. The first-order valence-electron chi connectivity index (χ1n) is 6.02. The summed E-state index contributed by atoms with van der Waals surface area (Å²) in [6.07, 6.45) is -0.459. The first kappa shape index (κ1) is 15.5. The molecule has 0 atom stereocenters. The van der Waals surface area contributed by atoms with Crippen LogP contribution in [0.3, 0.4) is 0 Å². The van der Waals surface area contributed by atoms with Gasteiger partial charge in [-0.1, -0.05) is 19.0 Å². The Bertz CT molecular complexity index is 401. The predicted molar refractivity (Wildman–Crippen MR) is 70.0 cm³/mol. The summed E-state index contributed by atoms with van der Waals surface area (Å²) >= 11 is 0. The average Bonchev–Trinajstić information content (AvgIpc) is 2.84. The number of amides is 2. The van der Waals surface area contributed by atoms with E-state index in [0.717, 1.165) is 5.76 Å². The molecule has 2 amide bonds. The van der Waals surface area contributed by atoms with Crippen LogP contribution >= 0.6 is 0 Å². The van der Waals surface area contributed by atoms with Crippen LogP contribution in [0.15, 0.2) is 10.6 Å². The molecule has 0 unspecified atom stereocenters. The minimum Gasteiger partial charge on any atom is -0.359 e. The van der Waals surface area contributed by atoms with E-state index in [4.69, 9.17) is 14.0 Å². The van der Waals surface area contributed by atoms with Crippen LogP contribution in [0.5, 0.6) is 0 Å². The fourth-order valence-corrected chi connectivity index (χ4v) is 1.38. The Balaban J connectivity index is 2.53. The molecular weight excluding hydrogens is 250 g/mol. The zero-order valence-electron chi connectivity index (χ0n) is 12.0. The number of nitrogens with one attached hydrogen (secondary N) is 1. The third-order valence-corrected chi connectivity index (χ3v) is 2.63. The molecule has 0 aliphatic carbocycles. The minimum atomic E-state index is -0.459. The molecule has 7 nitrogen and oxygen atoms in total. The van der Waals surface area contributed by atoms with Crippen molar-refractivity contribution < 1.29 is 18.8 Å². The highest BCUT2D eigenvalue weighted by atomic mass is 16.7. The molecule has 0 bridgehead atoms. The lowest BCUT2D eigenvalue weighted by molar-refractivity contribution is -0.108. The predicted octanol–water partition coefficient (Wildman–Crippen LogP) is 1.88. The topological polar surface area (TPSA) is 76.8 Å². The molecule has 1 aromatic rings. The van der Waals surface area contributed by atoms with Crippen molar-refractivity contribution in [2.24, 2.45) is 0 Å². The number of hydrogen-bond acceptors (Lipinski definition) is 5. The van der Waals surface area contributed by atoms with Crippen LogP contribution in [0, 0.1) is 0 Å². The largest absolute Gasteiger partial charge is 0.359 e. The van der Waals surface area contributed by atoms with Crippen LogP contribution in [-0.2, 0) is 9.47 Å². The van der Waals surface area contributed by atoms with Crippen molar-refractivity contribution in [2.75, 3.05) is 33.1 Å². The van der Waals surface area contributed by atoms with Crippen molar-refractivity contribution >= 4 is 11.8 Å². The van der Waals surface area contributed by atoms with E-state index >= 15 is 0 Å². The normalized spacial score (nSPS) is 11.1. The summed E-state index contributed by atoms with van der Waals surface area (Å²) in [5.74, 6) is 1.35. The minimum absolute atomic E-state index is 0.224. The molecule has 1 rings (SSSR count). The lowest BCUT2D eigenvalue weighted by Crippen LogP contribution is -2.38. The number of ether oxygens (including phenoxy) is 2. The van der Waals surface area contributed by atoms with E-state index in [1.807, 2.05) is 13.8 Å². The molecule has 1 N–H and O–H groups in total. The average molecular weight is 271 g/mol. The Morgan fingerprint density at radius 3 is 2.58 bits per heavy atom. The van der Waals surface area contributed by atoms with Gasteiger partial charge in [0.15, 0.2) is 12.1 Å². The molecule has 0 spiro atoms. The van der Waals surface area contributed by atoms with Crippen LogP contribution in [0.2, 0.25) is 0 Å². The van der Waals surface area contributed by atoms with E-state index in [2.05, 4.69) is 10.5 Å². The van der Waals surface area contributed by atoms with Crippen LogP contribution in [0.4, 0.5) is 10.6 Å². The molecule has 0 aromatic carbocycles. The summed E-state index contributed by atoms with van der Waals surface area (Å²) < 4.78 is 15.2. The number of likely N-dealkylation sites (N-methyl/N-ethyl adjacent to an activating group) is 1. The van der Waals surface area contributed by atoms with E-state index in [1.165, 1.54) is 19.1 Å². The van der Waals surface area contributed by atoms with E-state index in [1.54, 1.807) is 13.1 Å². The number of carbonyl (C=O) groups is 1. The van der Waals surface area contributed by atoms with Gasteiger partial charge in [-0.15, -0.1) is 0 Å². The summed E-state index contributed by atoms with van der Waals surface area (Å²) in [7, 11) is 4.68. The zero-order valence-corrected chi connectivity index (χ0v) is 12.0. The molecule has 0 aliphatic rings. The quantitative estimate of drug-likeness (QED) is 0.799. The number of carbonyl (C=O) groups excluding carboxylic acids is 1. The fraction of sp³-hybridized carbons (Fsp3) is 0.667. The van der Waals surface area contributed by atoms with E-state index in [-0.39, 0.29) is 11.9 Å².